The van der Waals surface area contributed by atoms with Gasteiger partial charge in [-0.05, 0) is 36.6 Å². The summed E-state index contributed by atoms with van der Waals surface area (Å²) in [6, 6.07) is 5.99. The number of aromatic nitrogens is 3. The molecule has 4 heterocycles. The third-order valence-electron chi connectivity index (χ3n) is 5.92. The van der Waals surface area contributed by atoms with E-state index >= 15 is 0 Å². The van der Waals surface area contributed by atoms with Crippen molar-refractivity contribution >= 4 is 34.5 Å². The van der Waals surface area contributed by atoms with Crippen LogP contribution in [0.3, 0.4) is 0 Å². The molecule has 2 aromatic heterocycles. The second kappa shape index (κ2) is 9.87. The highest BCUT2D eigenvalue weighted by molar-refractivity contribution is 5.94. The van der Waals surface area contributed by atoms with E-state index in [0.717, 1.165) is 0 Å². The number of amides is 2. The first-order valence-electron chi connectivity index (χ1n) is 11.3. The highest BCUT2D eigenvalue weighted by Gasteiger charge is 2.34. The van der Waals surface area contributed by atoms with Gasteiger partial charge in [0, 0.05) is 24.7 Å². The lowest BCUT2D eigenvalue weighted by atomic mass is 10.1. The molecule has 0 saturated carbocycles. The molecule has 0 spiro atoms. The normalized spacial score (nSPS) is 17.1. The molecule has 2 aliphatic heterocycles. The maximum Gasteiger partial charge on any atom is 0.416 e. The fourth-order valence-electron chi connectivity index (χ4n) is 4.28. The second-order valence-corrected chi connectivity index (χ2v) is 8.30. The van der Waals surface area contributed by atoms with Crippen LogP contribution in [-0.2, 0) is 22.5 Å². The highest BCUT2D eigenvalue weighted by atomic mass is 19.1. The fraction of sp³-hybridized carbons (Fsp3) is 0.348. The van der Waals surface area contributed by atoms with Gasteiger partial charge >= 0.3 is 6.09 Å². The van der Waals surface area contributed by atoms with E-state index in [2.05, 4.69) is 20.6 Å². The summed E-state index contributed by atoms with van der Waals surface area (Å²) in [6.45, 7) is 0.528. The van der Waals surface area contributed by atoms with Crippen LogP contribution in [0.15, 0.2) is 35.3 Å². The molecule has 13 heteroatoms. The quantitative estimate of drug-likeness (QED) is 0.376. The van der Waals surface area contributed by atoms with Crippen LogP contribution in [0.5, 0.6) is 5.88 Å². The molecule has 36 heavy (non-hydrogen) atoms. The molecule has 1 atom stereocenters. The number of benzene rings is 1. The molecular formula is C23H23FN6O6. The van der Waals surface area contributed by atoms with Crippen molar-refractivity contribution < 1.29 is 28.6 Å². The number of hydrogen-bond donors (Lipinski definition) is 3. The Morgan fingerprint density at radius 2 is 2.06 bits per heavy atom. The van der Waals surface area contributed by atoms with Crippen LogP contribution in [0, 0.1) is 5.82 Å². The minimum absolute atomic E-state index is 0.0648. The van der Waals surface area contributed by atoms with E-state index in [1.165, 1.54) is 27.8 Å². The second-order valence-electron chi connectivity index (χ2n) is 8.30. The molecule has 188 valence electrons. The van der Waals surface area contributed by atoms with Gasteiger partial charge in [0.2, 0.25) is 0 Å². The monoisotopic (exact) mass is 498 g/mol. The third-order valence-corrected chi connectivity index (χ3v) is 5.92. The van der Waals surface area contributed by atoms with Crippen molar-refractivity contribution in [2.75, 3.05) is 43.1 Å². The Bertz CT molecular complexity index is 1400. The van der Waals surface area contributed by atoms with Gasteiger partial charge in [-0.15, -0.1) is 0 Å². The van der Waals surface area contributed by atoms with Crippen molar-refractivity contribution in [3.05, 3.63) is 52.2 Å². The smallest absolute Gasteiger partial charge is 0.416 e. The Labute approximate surface area is 203 Å². The lowest BCUT2D eigenvalue weighted by Gasteiger charge is -2.18. The molecule has 2 amide bonds. The van der Waals surface area contributed by atoms with Crippen LogP contribution < -0.4 is 25.8 Å². The van der Waals surface area contributed by atoms with Gasteiger partial charge in [0.25, 0.3) is 17.3 Å². The SMILES string of the molecule is O=C1COc2ncc(N3CC(CNCCc4c(F)ccc5ccc(=O)n(CCO)c45)OC3=O)nc2N1. The number of anilines is 2. The van der Waals surface area contributed by atoms with Crippen LogP contribution in [-0.4, -0.2) is 70.6 Å². The van der Waals surface area contributed by atoms with Crippen LogP contribution in [0.25, 0.3) is 10.9 Å². The number of ether oxygens (including phenoxy) is 2. The molecule has 3 aromatic rings. The van der Waals surface area contributed by atoms with E-state index < -0.39 is 18.0 Å². The minimum atomic E-state index is -0.604. The maximum atomic E-state index is 14.7. The molecule has 0 radical (unpaired) electrons. The predicted molar refractivity (Wildman–Crippen MR) is 126 cm³/mol. The van der Waals surface area contributed by atoms with Gasteiger partial charge < -0.3 is 29.8 Å². The summed E-state index contributed by atoms with van der Waals surface area (Å²) in [4.78, 5) is 45.8. The topological polar surface area (TPSA) is 148 Å². The Balaban J connectivity index is 1.22. The number of aliphatic hydroxyl groups excluding tert-OH is 1. The van der Waals surface area contributed by atoms with Crippen molar-refractivity contribution in [1.29, 1.82) is 0 Å². The summed E-state index contributed by atoms with van der Waals surface area (Å²) in [5.74, 6) is -0.283. The number of carbonyl (C=O) groups is 2. The summed E-state index contributed by atoms with van der Waals surface area (Å²) in [5.41, 5.74) is 0.509. The number of nitrogens with one attached hydrogen (secondary N) is 2. The number of nitrogens with zero attached hydrogens (tertiary/aromatic N) is 4. The summed E-state index contributed by atoms with van der Waals surface area (Å²) < 4.78 is 26.7. The zero-order valence-corrected chi connectivity index (χ0v) is 19.1. The molecule has 3 N–H and O–H groups in total. The highest BCUT2D eigenvalue weighted by Crippen LogP contribution is 2.27. The van der Waals surface area contributed by atoms with Gasteiger partial charge in [-0.25, -0.2) is 19.2 Å². The maximum absolute atomic E-state index is 14.7. The van der Waals surface area contributed by atoms with Gasteiger partial charge in [-0.1, -0.05) is 0 Å². The van der Waals surface area contributed by atoms with Gasteiger partial charge in [0.15, 0.2) is 18.2 Å². The number of halogens is 1. The summed E-state index contributed by atoms with van der Waals surface area (Å²) in [6.07, 6.45) is 0.541. The van der Waals surface area contributed by atoms with Crippen LogP contribution in [0.4, 0.5) is 20.8 Å². The van der Waals surface area contributed by atoms with Crippen molar-refractivity contribution in [1.82, 2.24) is 19.9 Å². The number of rotatable bonds is 8. The number of hydrogen-bond acceptors (Lipinski definition) is 9. The molecule has 0 bridgehead atoms. The number of cyclic esters (lactones) is 1. The number of pyridine rings is 1. The fourth-order valence-corrected chi connectivity index (χ4v) is 4.28. The zero-order valence-electron chi connectivity index (χ0n) is 19.1. The molecule has 1 unspecified atom stereocenters. The number of carbonyl (C=O) groups excluding carboxylic acids is 2. The van der Waals surface area contributed by atoms with Crippen LogP contribution in [0.1, 0.15) is 5.56 Å². The van der Waals surface area contributed by atoms with Crippen molar-refractivity contribution in [2.24, 2.45) is 0 Å². The summed E-state index contributed by atoms with van der Waals surface area (Å²) in [5, 5.41) is 15.8. The first-order chi connectivity index (χ1) is 17.4. The van der Waals surface area contributed by atoms with E-state index in [-0.39, 0.29) is 61.7 Å². The first-order valence-corrected chi connectivity index (χ1v) is 11.3. The van der Waals surface area contributed by atoms with Crippen LogP contribution in [0.2, 0.25) is 0 Å². The Morgan fingerprint density at radius 3 is 2.89 bits per heavy atom. The van der Waals surface area contributed by atoms with E-state index in [9.17, 15) is 23.9 Å². The lowest BCUT2D eigenvalue weighted by Crippen LogP contribution is -2.33. The third kappa shape index (κ3) is 4.57. The Morgan fingerprint density at radius 1 is 1.22 bits per heavy atom. The molecule has 1 fully saturated rings. The van der Waals surface area contributed by atoms with Gasteiger partial charge in [-0.3, -0.25) is 14.5 Å². The Hall–Kier alpha value is -4.10. The molecule has 0 aliphatic carbocycles. The largest absolute Gasteiger partial charge is 0.465 e. The molecular weight excluding hydrogens is 475 g/mol. The van der Waals surface area contributed by atoms with Gasteiger partial charge in [0.05, 0.1) is 24.9 Å². The van der Waals surface area contributed by atoms with Crippen molar-refractivity contribution in [3.63, 3.8) is 0 Å². The average molecular weight is 498 g/mol. The minimum Gasteiger partial charge on any atom is -0.465 e. The van der Waals surface area contributed by atoms with Crippen LogP contribution >= 0.6 is 0 Å². The van der Waals surface area contributed by atoms with E-state index in [1.807, 2.05) is 0 Å². The lowest BCUT2D eigenvalue weighted by molar-refractivity contribution is -0.118. The molecule has 1 aromatic carbocycles. The standard InChI is InChI=1S/C23H23FN6O6/c24-16-3-1-13-2-4-19(33)29(7-8-31)20(13)15(16)5-6-25-9-14-11-30(23(34)36-14)17-10-26-22-21(27-17)28-18(32)12-35-22/h1-4,10,14,25,31H,5-9,11-12H2,(H,27,28,32). The van der Waals surface area contributed by atoms with E-state index in [4.69, 9.17) is 9.47 Å². The van der Waals surface area contributed by atoms with Gasteiger partial charge in [-0.2, -0.15) is 0 Å². The molecule has 5 rings (SSSR count). The molecule has 12 nitrogen and oxygen atoms in total. The van der Waals surface area contributed by atoms with Gasteiger partial charge in [0.1, 0.15) is 11.9 Å². The Kier molecular flexibility index (Phi) is 6.48. The average Bonchev–Trinajstić information content (AvgIpc) is 3.24. The van der Waals surface area contributed by atoms with E-state index in [1.54, 1.807) is 12.1 Å². The zero-order chi connectivity index (χ0) is 25.2. The predicted octanol–water partition coefficient (Wildman–Crippen LogP) is 0.411. The van der Waals surface area contributed by atoms with Crippen molar-refractivity contribution in [2.45, 2.75) is 19.1 Å². The summed E-state index contributed by atoms with van der Waals surface area (Å²) in [7, 11) is 0. The number of fused-ring (bicyclic) bond motifs is 2. The molecule has 2 aliphatic rings. The van der Waals surface area contributed by atoms with E-state index in [0.29, 0.717) is 29.6 Å². The first kappa shape index (κ1) is 23.6. The summed E-state index contributed by atoms with van der Waals surface area (Å²) >= 11 is 0. The van der Waals surface area contributed by atoms with Crippen molar-refractivity contribution in [3.8, 4) is 5.88 Å². The number of aliphatic hydroxyl groups is 1. The molecule has 1 saturated heterocycles.